The van der Waals surface area contributed by atoms with Crippen LogP contribution in [-0.4, -0.2) is 38.0 Å². The first-order chi connectivity index (χ1) is 11.1. The molecule has 0 aromatic heterocycles. The molecule has 1 aromatic rings. The van der Waals surface area contributed by atoms with Gasteiger partial charge in [-0.25, -0.2) is 0 Å². The minimum atomic E-state index is -0.601. The molecule has 1 unspecified atom stereocenters. The largest absolute Gasteiger partial charge is 0.352 e. The summed E-state index contributed by atoms with van der Waals surface area (Å²) in [5, 5.41) is 6.72. The zero-order chi connectivity index (χ0) is 16.2. The number of benzene rings is 1. The van der Waals surface area contributed by atoms with E-state index < -0.39 is 5.92 Å². The van der Waals surface area contributed by atoms with E-state index in [1.54, 1.807) is 17.0 Å². The molecule has 0 radical (unpaired) electrons. The summed E-state index contributed by atoms with van der Waals surface area (Å²) in [5.41, 5.74) is 1.97. The van der Waals surface area contributed by atoms with Crippen molar-refractivity contribution in [3.8, 4) is 0 Å². The van der Waals surface area contributed by atoms with E-state index in [-0.39, 0.29) is 24.2 Å². The predicted molar refractivity (Wildman–Crippen MR) is 97.7 cm³/mol. The SMILES string of the molecule is Cl.O=C(NCC1=CCNCC1)C1CCN(c2cccc(Cl)c2)C1=O. The Morgan fingerprint density at radius 3 is 2.96 bits per heavy atom. The van der Waals surface area contributed by atoms with Gasteiger partial charge in [-0.3, -0.25) is 9.59 Å². The van der Waals surface area contributed by atoms with Gasteiger partial charge in [-0.2, -0.15) is 0 Å². The maximum atomic E-state index is 12.5. The smallest absolute Gasteiger partial charge is 0.239 e. The molecule has 2 N–H and O–H groups in total. The van der Waals surface area contributed by atoms with Crippen LogP contribution in [0.15, 0.2) is 35.9 Å². The molecule has 0 spiro atoms. The van der Waals surface area contributed by atoms with E-state index in [1.807, 2.05) is 12.1 Å². The van der Waals surface area contributed by atoms with Crippen LogP contribution >= 0.6 is 24.0 Å². The van der Waals surface area contributed by atoms with Crippen LogP contribution in [-0.2, 0) is 9.59 Å². The number of amides is 2. The standard InChI is InChI=1S/C17H20ClN3O2.ClH/c18-13-2-1-3-14(10-13)21-9-6-15(17(21)23)16(22)20-11-12-4-7-19-8-5-12;/h1-4,10,15,19H,5-9,11H2,(H,20,22);1H. The van der Waals surface area contributed by atoms with Crippen molar-refractivity contribution in [3.63, 3.8) is 0 Å². The summed E-state index contributed by atoms with van der Waals surface area (Å²) in [7, 11) is 0. The van der Waals surface area contributed by atoms with Gasteiger partial charge in [0.2, 0.25) is 11.8 Å². The zero-order valence-corrected chi connectivity index (χ0v) is 14.8. The van der Waals surface area contributed by atoms with Crippen molar-refractivity contribution in [1.82, 2.24) is 10.6 Å². The van der Waals surface area contributed by atoms with Gasteiger partial charge >= 0.3 is 0 Å². The third kappa shape index (κ3) is 4.29. The van der Waals surface area contributed by atoms with E-state index in [0.29, 0.717) is 24.5 Å². The highest BCUT2D eigenvalue weighted by Crippen LogP contribution is 2.27. The Balaban J connectivity index is 0.00000208. The van der Waals surface area contributed by atoms with Crippen molar-refractivity contribution in [2.24, 2.45) is 5.92 Å². The quantitative estimate of drug-likeness (QED) is 0.631. The van der Waals surface area contributed by atoms with E-state index in [0.717, 1.165) is 25.2 Å². The fourth-order valence-corrected chi connectivity index (χ4v) is 3.16. The van der Waals surface area contributed by atoms with Gasteiger partial charge in [0.15, 0.2) is 0 Å². The molecule has 2 heterocycles. The van der Waals surface area contributed by atoms with Crippen LogP contribution in [0.5, 0.6) is 0 Å². The van der Waals surface area contributed by atoms with Crippen molar-refractivity contribution in [2.45, 2.75) is 12.8 Å². The van der Waals surface area contributed by atoms with Gasteiger partial charge in [-0.1, -0.05) is 29.3 Å². The summed E-state index contributed by atoms with van der Waals surface area (Å²) in [6.45, 7) is 2.86. The number of nitrogens with one attached hydrogen (secondary N) is 2. The first-order valence-corrected chi connectivity index (χ1v) is 8.26. The topological polar surface area (TPSA) is 61.4 Å². The second-order valence-corrected chi connectivity index (χ2v) is 6.28. The normalized spacial score (nSPS) is 20.4. The minimum absolute atomic E-state index is 0. The van der Waals surface area contributed by atoms with Crippen LogP contribution < -0.4 is 15.5 Å². The Bertz CT molecular complexity index is 648. The summed E-state index contributed by atoms with van der Waals surface area (Å²) >= 11 is 5.98. The van der Waals surface area contributed by atoms with E-state index in [4.69, 9.17) is 11.6 Å². The summed E-state index contributed by atoms with van der Waals surface area (Å²) in [6.07, 6.45) is 3.57. The molecule has 130 valence electrons. The molecule has 1 fully saturated rings. The second-order valence-electron chi connectivity index (χ2n) is 5.85. The lowest BCUT2D eigenvalue weighted by Crippen LogP contribution is -2.38. The molecule has 2 aliphatic heterocycles. The highest BCUT2D eigenvalue weighted by Gasteiger charge is 2.37. The fraction of sp³-hybridized carbons (Fsp3) is 0.412. The summed E-state index contributed by atoms with van der Waals surface area (Å²) < 4.78 is 0. The van der Waals surface area contributed by atoms with Crippen molar-refractivity contribution in [1.29, 1.82) is 0 Å². The monoisotopic (exact) mass is 369 g/mol. The number of hydrogen-bond donors (Lipinski definition) is 2. The van der Waals surface area contributed by atoms with Crippen LogP contribution in [0.1, 0.15) is 12.8 Å². The predicted octanol–water partition coefficient (Wildman–Crippen LogP) is 2.15. The maximum absolute atomic E-state index is 12.5. The molecular weight excluding hydrogens is 349 g/mol. The van der Waals surface area contributed by atoms with Crippen LogP contribution in [0.25, 0.3) is 0 Å². The van der Waals surface area contributed by atoms with Gasteiger partial charge in [0, 0.05) is 30.3 Å². The molecule has 1 atom stereocenters. The zero-order valence-electron chi connectivity index (χ0n) is 13.3. The van der Waals surface area contributed by atoms with Crippen LogP contribution in [0.4, 0.5) is 5.69 Å². The molecule has 1 saturated heterocycles. The number of hydrogen-bond acceptors (Lipinski definition) is 3. The summed E-state index contributed by atoms with van der Waals surface area (Å²) in [5.74, 6) is -0.931. The fourth-order valence-electron chi connectivity index (χ4n) is 2.98. The molecule has 0 aliphatic carbocycles. The van der Waals surface area contributed by atoms with Crippen LogP contribution in [0.2, 0.25) is 5.02 Å². The van der Waals surface area contributed by atoms with Crippen molar-refractivity contribution in [3.05, 3.63) is 40.9 Å². The molecule has 24 heavy (non-hydrogen) atoms. The van der Waals surface area contributed by atoms with Gasteiger partial charge in [0.1, 0.15) is 5.92 Å². The highest BCUT2D eigenvalue weighted by atomic mass is 35.5. The Morgan fingerprint density at radius 2 is 2.25 bits per heavy atom. The Kier molecular flexibility index (Phi) is 6.66. The Labute approximate surface area is 152 Å². The number of nitrogens with zero attached hydrogens (tertiary/aromatic N) is 1. The first-order valence-electron chi connectivity index (χ1n) is 7.88. The number of rotatable bonds is 4. The lowest BCUT2D eigenvalue weighted by Gasteiger charge is -2.18. The number of anilines is 1. The van der Waals surface area contributed by atoms with Gasteiger partial charge < -0.3 is 15.5 Å². The Morgan fingerprint density at radius 1 is 1.42 bits per heavy atom. The maximum Gasteiger partial charge on any atom is 0.239 e. The van der Waals surface area contributed by atoms with Gasteiger partial charge in [-0.15, -0.1) is 12.4 Å². The van der Waals surface area contributed by atoms with E-state index in [2.05, 4.69) is 16.7 Å². The molecule has 2 amide bonds. The van der Waals surface area contributed by atoms with Crippen LogP contribution in [0, 0.1) is 5.92 Å². The van der Waals surface area contributed by atoms with E-state index in [1.165, 1.54) is 5.57 Å². The van der Waals surface area contributed by atoms with Crippen molar-refractivity contribution >= 4 is 41.5 Å². The highest BCUT2D eigenvalue weighted by molar-refractivity contribution is 6.31. The average molecular weight is 370 g/mol. The third-order valence-electron chi connectivity index (χ3n) is 4.29. The van der Waals surface area contributed by atoms with Crippen molar-refractivity contribution in [2.75, 3.05) is 31.1 Å². The van der Waals surface area contributed by atoms with Gasteiger partial charge in [0.25, 0.3) is 0 Å². The van der Waals surface area contributed by atoms with Crippen molar-refractivity contribution < 1.29 is 9.59 Å². The third-order valence-corrected chi connectivity index (χ3v) is 4.52. The first kappa shape index (κ1) is 18.8. The minimum Gasteiger partial charge on any atom is -0.352 e. The number of carbonyl (C=O) groups is 2. The average Bonchev–Trinajstić information content (AvgIpc) is 2.95. The lowest BCUT2D eigenvalue weighted by molar-refractivity contribution is -0.132. The van der Waals surface area contributed by atoms with Gasteiger partial charge in [0.05, 0.1) is 0 Å². The second kappa shape index (κ2) is 8.51. The van der Waals surface area contributed by atoms with Gasteiger partial charge in [-0.05, 0) is 37.6 Å². The molecular formula is C17H21Cl2N3O2. The molecule has 5 nitrogen and oxygen atoms in total. The molecule has 0 bridgehead atoms. The van der Waals surface area contributed by atoms with E-state index in [9.17, 15) is 9.59 Å². The molecule has 2 aliphatic rings. The van der Waals surface area contributed by atoms with E-state index >= 15 is 0 Å². The number of halogens is 2. The molecule has 7 heteroatoms. The summed E-state index contributed by atoms with van der Waals surface area (Å²) in [6, 6.07) is 7.16. The lowest BCUT2D eigenvalue weighted by atomic mass is 10.1. The Hall–Kier alpha value is -1.56. The molecule has 1 aromatic carbocycles. The summed E-state index contributed by atoms with van der Waals surface area (Å²) in [4.78, 5) is 26.5. The van der Waals surface area contributed by atoms with Crippen LogP contribution in [0.3, 0.4) is 0 Å². The molecule has 3 rings (SSSR count). The number of carbonyl (C=O) groups excluding carboxylic acids is 2. The molecule has 0 saturated carbocycles.